The maximum Gasteiger partial charge on any atom is 0.203 e. The van der Waals surface area contributed by atoms with Gasteiger partial charge in [-0.1, -0.05) is 41.6 Å². The highest BCUT2D eigenvalue weighted by Gasteiger charge is 2.21. The fourth-order valence-electron chi connectivity index (χ4n) is 3.56. The van der Waals surface area contributed by atoms with Crippen molar-refractivity contribution in [1.29, 1.82) is 0 Å². The van der Waals surface area contributed by atoms with E-state index in [4.69, 9.17) is 18.9 Å². The Morgan fingerprint density at radius 2 is 1.41 bits per heavy atom. The third-order valence-electron chi connectivity index (χ3n) is 5.38. The van der Waals surface area contributed by atoms with Crippen LogP contribution in [0.4, 0.5) is 0 Å². The number of ether oxygens (including phenoxy) is 4. The minimum Gasteiger partial charge on any atom is -0.497 e. The molecule has 1 heterocycles. The van der Waals surface area contributed by atoms with Gasteiger partial charge in [0.15, 0.2) is 22.5 Å². The first kappa shape index (κ1) is 23.5. The Labute approximate surface area is 203 Å². The second-order valence-electron chi connectivity index (χ2n) is 7.53. The van der Waals surface area contributed by atoms with E-state index in [0.29, 0.717) is 23.1 Å². The number of thioether (sulfide) groups is 1. The van der Waals surface area contributed by atoms with E-state index in [9.17, 15) is 0 Å². The summed E-state index contributed by atoms with van der Waals surface area (Å²) in [6.07, 6.45) is 0. The van der Waals surface area contributed by atoms with Crippen molar-refractivity contribution < 1.29 is 18.9 Å². The van der Waals surface area contributed by atoms with Gasteiger partial charge in [0.05, 0.1) is 28.4 Å². The van der Waals surface area contributed by atoms with Crippen LogP contribution in [0.3, 0.4) is 0 Å². The predicted molar refractivity (Wildman–Crippen MR) is 134 cm³/mol. The molecular weight excluding hydrogens is 450 g/mol. The summed E-state index contributed by atoms with van der Waals surface area (Å²) >= 11 is 1.62. The van der Waals surface area contributed by atoms with E-state index in [0.717, 1.165) is 27.9 Å². The zero-order valence-corrected chi connectivity index (χ0v) is 20.7. The van der Waals surface area contributed by atoms with Gasteiger partial charge in [-0.3, -0.25) is 4.57 Å². The lowest BCUT2D eigenvalue weighted by Crippen LogP contribution is -2.01. The van der Waals surface area contributed by atoms with Crippen LogP contribution in [0.1, 0.15) is 11.1 Å². The number of methoxy groups -OCH3 is 4. The van der Waals surface area contributed by atoms with Crippen LogP contribution in [0.15, 0.2) is 65.8 Å². The zero-order valence-electron chi connectivity index (χ0n) is 19.9. The fraction of sp³-hybridized carbons (Fsp3) is 0.231. The molecule has 4 aromatic rings. The minimum absolute atomic E-state index is 0.526. The van der Waals surface area contributed by atoms with E-state index < -0.39 is 0 Å². The lowest BCUT2D eigenvalue weighted by molar-refractivity contribution is 0.324. The molecule has 8 heteroatoms. The summed E-state index contributed by atoms with van der Waals surface area (Å²) in [7, 11) is 6.42. The molecule has 7 nitrogen and oxygen atoms in total. The van der Waals surface area contributed by atoms with Crippen molar-refractivity contribution in [2.24, 2.45) is 0 Å². The number of hydrogen-bond donors (Lipinski definition) is 0. The largest absolute Gasteiger partial charge is 0.497 e. The molecule has 1 aromatic heterocycles. The summed E-state index contributed by atoms with van der Waals surface area (Å²) < 4.78 is 24.0. The van der Waals surface area contributed by atoms with E-state index in [-0.39, 0.29) is 0 Å². The summed E-state index contributed by atoms with van der Waals surface area (Å²) in [5.41, 5.74) is 4.16. The molecule has 0 N–H and O–H groups in total. The van der Waals surface area contributed by atoms with Crippen LogP contribution in [0.25, 0.3) is 17.1 Å². The number of hydrogen-bond acceptors (Lipinski definition) is 7. The molecule has 0 spiro atoms. The first-order chi connectivity index (χ1) is 16.6. The molecule has 0 unspecified atom stereocenters. The summed E-state index contributed by atoms with van der Waals surface area (Å²) in [5.74, 6) is 3.84. The minimum atomic E-state index is 0.526. The fourth-order valence-corrected chi connectivity index (χ4v) is 4.46. The third-order valence-corrected chi connectivity index (χ3v) is 6.38. The Morgan fingerprint density at radius 3 is 1.97 bits per heavy atom. The molecule has 0 saturated carbocycles. The highest BCUT2D eigenvalue weighted by Crippen LogP contribution is 2.42. The average Bonchev–Trinajstić information content (AvgIpc) is 3.31. The topological polar surface area (TPSA) is 67.6 Å². The Morgan fingerprint density at radius 1 is 0.765 bits per heavy atom. The second kappa shape index (κ2) is 10.5. The highest BCUT2D eigenvalue weighted by atomic mass is 32.2. The normalized spacial score (nSPS) is 10.7. The van der Waals surface area contributed by atoms with E-state index in [1.807, 2.05) is 41.0 Å². The second-order valence-corrected chi connectivity index (χ2v) is 8.47. The Hall–Kier alpha value is -3.65. The van der Waals surface area contributed by atoms with Gasteiger partial charge in [0.2, 0.25) is 5.75 Å². The zero-order chi connectivity index (χ0) is 24.1. The van der Waals surface area contributed by atoms with Crippen molar-refractivity contribution >= 4 is 11.8 Å². The van der Waals surface area contributed by atoms with Gasteiger partial charge < -0.3 is 18.9 Å². The molecule has 0 aliphatic carbocycles. The quantitative estimate of drug-likeness (QED) is 0.292. The molecule has 0 amide bonds. The van der Waals surface area contributed by atoms with Crippen molar-refractivity contribution in [3.63, 3.8) is 0 Å². The van der Waals surface area contributed by atoms with Gasteiger partial charge in [-0.25, -0.2) is 0 Å². The number of rotatable bonds is 9. The molecule has 34 heavy (non-hydrogen) atoms. The van der Waals surface area contributed by atoms with E-state index in [2.05, 4.69) is 41.4 Å². The van der Waals surface area contributed by atoms with Crippen LogP contribution in [0, 0.1) is 6.92 Å². The monoisotopic (exact) mass is 477 g/mol. The Kier molecular flexibility index (Phi) is 7.27. The van der Waals surface area contributed by atoms with Crippen molar-refractivity contribution in [3.05, 3.63) is 71.8 Å². The number of nitrogens with zero attached hydrogens (tertiary/aromatic N) is 3. The molecule has 0 bridgehead atoms. The molecular formula is C26H27N3O4S. The van der Waals surface area contributed by atoms with Crippen molar-refractivity contribution in [2.75, 3.05) is 28.4 Å². The molecule has 0 saturated heterocycles. The van der Waals surface area contributed by atoms with Crippen LogP contribution in [0.2, 0.25) is 0 Å². The smallest absolute Gasteiger partial charge is 0.203 e. The predicted octanol–water partition coefficient (Wildman–Crippen LogP) is 5.57. The van der Waals surface area contributed by atoms with Crippen LogP contribution >= 0.6 is 11.8 Å². The van der Waals surface area contributed by atoms with Gasteiger partial charge in [0.25, 0.3) is 0 Å². The van der Waals surface area contributed by atoms with E-state index in [1.54, 1.807) is 40.2 Å². The standard InChI is InChI=1S/C26H27N3O4S/c1-17-6-8-18(9-7-17)16-34-26-28-27-25(29(26)20-10-12-21(30-2)13-11-20)19-14-22(31-3)24(33-5)23(15-19)32-4/h6-15H,16H2,1-5H3. The van der Waals surface area contributed by atoms with Gasteiger partial charge in [0, 0.05) is 17.0 Å². The average molecular weight is 478 g/mol. The van der Waals surface area contributed by atoms with Gasteiger partial charge in [0.1, 0.15) is 5.75 Å². The molecule has 4 rings (SSSR count). The van der Waals surface area contributed by atoms with Crippen molar-refractivity contribution in [1.82, 2.24) is 14.8 Å². The Bertz CT molecular complexity index is 1230. The van der Waals surface area contributed by atoms with Gasteiger partial charge in [-0.15, -0.1) is 10.2 Å². The van der Waals surface area contributed by atoms with Crippen molar-refractivity contribution in [2.45, 2.75) is 17.8 Å². The molecule has 0 atom stereocenters. The van der Waals surface area contributed by atoms with E-state index in [1.165, 1.54) is 11.1 Å². The molecule has 0 fully saturated rings. The first-order valence-corrected chi connectivity index (χ1v) is 11.6. The van der Waals surface area contributed by atoms with Crippen molar-refractivity contribution in [3.8, 4) is 40.1 Å². The Balaban J connectivity index is 1.80. The number of aromatic nitrogens is 3. The maximum atomic E-state index is 5.55. The molecule has 0 aliphatic heterocycles. The SMILES string of the molecule is COc1ccc(-n2c(SCc3ccc(C)cc3)nnc2-c2cc(OC)c(OC)c(OC)c2)cc1. The molecule has 3 aromatic carbocycles. The maximum absolute atomic E-state index is 5.55. The van der Waals surface area contributed by atoms with Gasteiger partial charge >= 0.3 is 0 Å². The van der Waals surface area contributed by atoms with Gasteiger partial charge in [-0.2, -0.15) is 0 Å². The summed E-state index contributed by atoms with van der Waals surface area (Å²) in [6, 6.07) is 20.1. The van der Waals surface area contributed by atoms with Crippen LogP contribution in [-0.4, -0.2) is 43.2 Å². The first-order valence-electron chi connectivity index (χ1n) is 10.7. The molecule has 0 aliphatic rings. The van der Waals surface area contributed by atoms with Crippen LogP contribution in [-0.2, 0) is 5.75 Å². The third kappa shape index (κ3) is 4.82. The highest BCUT2D eigenvalue weighted by molar-refractivity contribution is 7.98. The summed E-state index contributed by atoms with van der Waals surface area (Å²) in [6.45, 7) is 2.08. The molecule has 0 radical (unpaired) electrons. The van der Waals surface area contributed by atoms with E-state index >= 15 is 0 Å². The van der Waals surface area contributed by atoms with Crippen LogP contribution < -0.4 is 18.9 Å². The summed E-state index contributed by atoms with van der Waals surface area (Å²) in [5, 5.41) is 9.85. The van der Waals surface area contributed by atoms with Gasteiger partial charge in [-0.05, 0) is 48.9 Å². The molecule has 176 valence electrons. The lowest BCUT2D eigenvalue weighted by Gasteiger charge is -2.15. The number of aryl methyl sites for hydroxylation is 1. The van der Waals surface area contributed by atoms with Crippen LogP contribution in [0.5, 0.6) is 23.0 Å². The summed E-state index contributed by atoms with van der Waals surface area (Å²) in [4.78, 5) is 0. The number of benzene rings is 3. The lowest BCUT2D eigenvalue weighted by atomic mass is 10.1.